The molecular weight excluding hydrogens is 526 g/mol. The molecule has 3 aromatic carbocycles. The van der Waals surface area contributed by atoms with E-state index >= 15 is 0 Å². The van der Waals surface area contributed by atoms with Gasteiger partial charge in [0.05, 0.1) is 30.4 Å². The van der Waals surface area contributed by atoms with Crippen LogP contribution in [0.5, 0.6) is 5.75 Å². The fraction of sp³-hybridized carbons (Fsp3) is 0.176. The average Bonchev–Trinajstić information content (AvgIpc) is 3.53. The Kier molecular flexibility index (Phi) is 6.93. The number of ether oxygens (including phenoxy) is 1. The van der Waals surface area contributed by atoms with Crippen LogP contribution in [0.3, 0.4) is 0 Å². The number of carboxylic acid groups (broad SMARTS) is 1. The molecule has 42 heavy (non-hydrogen) atoms. The minimum absolute atomic E-state index is 0.143. The molecule has 0 saturated carbocycles. The maximum Gasteiger partial charge on any atom is 0.337 e. The van der Waals surface area contributed by atoms with E-state index in [1.807, 2.05) is 43.3 Å². The van der Waals surface area contributed by atoms with Crippen molar-refractivity contribution in [1.29, 1.82) is 0 Å². The Balaban J connectivity index is 1.53. The number of methoxy groups -OCH3 is 1. The molecule has 0 fully saturated rings. The summed E-state index contributed by atoms with van der Waals surface area (Å²) in [5.41, 5.74) is 7.55. The zero-order chi connectivity index (χ0) is 29.4. The van der Waals surface area contributed by atoms with Crippen LogP contribution < -0.4 is 4.74 Å². The number of pyridine rings is 1. The van der Waals surface area contributed by atoms with Crippen LogP contribution in [0.4, 0.5) is 0 Å². The zero-order valence-corrected chi connectivity index (χ0v) is 23.8. The van der Waals surface area contributed by atoms with E-state index in [1.165, 1.54) is 0 Å². The van der Waals surface area contributed by atoms with Crippen LogP contribution in [0.15, 0.2) is 72.8 Å². The third kappa shape index (κ3) is 4.86. The average molecular weight is 556 g/mol. The van der Waals surface area contributed by atoms with Gasteiger partial charge in [0.15, 0.2) is 5.65 Å². The highest BCUT2D eigenvalue weighted by atomic mass is 16.5. The third-order valence-electron chi connectivity index (χ3n) is 7.25. The lowest BCUT2D eigenvalue weighted by atomic mass is 10.1. The van der Waals surface area contributed by atoms with Crippen LogP contribution in [-0.2, 0) is 13.0 Å². The van der Waals surface area contributed by atoms with E-state index in [-0.39, 0.29) is 5.56 Å². The van der Waals surface area contributed by atoms with Crippen LogP contribution >= 0.6 is 0 Å². The van der Waals surface area contributed by atoms with Gasteiger partial charge in [-0.1, -0.05) is 37.1 Å². The molecule has 208 valence electrons. The van der Waals surface area contributed by atoms with Gasteiger partial charge >= 0.3 is 5.97 Å². The number of benzene rings is 3. The van der Waals surface area contributed by atoms with Crippen LogP contribution in [0, 0.1) is 25.7 Å². The van der Waals surface area contributed by atoms with Crippen molar-refractivity contribution >= 4 is 28.0 Å². The van der Waals surface area contributed by atoms with Gasteiger partial charge in [-0.15, -0.1) is 0 Å². The summed E-state index contributed by atoms with van der Waals surface area (Å²) in [6, 6.07) is 22.5. The Morgan fingerprint density at radius 3 is 2.60 bits per heavy atom. The van der Waals surface area contributed by atoms with Crippen LogP contribution in [0.1, 0.15) is 51.2 Å². The Labute approximate surface area is 243 Å². The highest BCUT2D eigenvalue weighted by Gasteiger charge is 2.19. The molecule has 0 spiro atoms. The summed E-state index contributed by atoms with van der Waals surface area (Å²) in [6.45, 7) is 6.74. The SMILES string of the molecule is CCc1nc2c(C)cc(C)nc2n1Cc1ccc2nn(-c3ccccc3C(=O)O)c(C#Cc3cccc(OC)c3)c2c1. The summed E-state index contributed by atoms with van der Waals surface area (Å²) in [6.07, 6.45) is 0.776. The number of hydrogen-bond acceptors (Lipinski definition) is 5. The van der Waals surface area contributed by atoms with Crippen LogP contribution in [-0.4, -0.2) is 42.5 Å². The Hall–Kier alpha value is -5.42. The number of imidazole rings is 1. The predicted octanol–water partition coefficient (Wildman–Crippen LogP) is 6.10. The molecule has 6 aromatic rings. The minimum atomic E-state index is -1.03. The number of aromatic carboxylic acids is 1. The number of nitrogens with zero attached hydrogens (tertiary/aromatic N) is 5. The molecule has 0 unspecified atom stereocenters. The molecule has 1 N–H and O–H groups in total. The highest BCUT2D eigenvalue weighted by molar-refractivity contribution is 5.93. The molecule has 0 amide bonds. The molecule has 8 heteroatoms. The summed E-state index contributed by atoms with van der Waals surface area (Å²) >= 11 is 0. The molecule has 6 rings (SSSR count). The van der Waals surface area contributed by atoms with E-state index in [1.54, 1.807) is 36.1 Å². The molecule has 0 atom stereocenters. The largest absolute Gasteiger partial charge is 0.497 e. The van der Waals surface area contributed by atoms with Gasteiger partial charge in [0.2, 0.25) is 0 Å². The van der Waals surface area contributed by atoms with Gasteiger partial charge in [0.1, 0.15) is 22.8 Å². The number of hydrogen-bond donors (Lipinski definition) is 1. The lowest BCUT2D eigenvalue weighted by Gasteiger charge is -2.09. The smallest absolute Gasteiger partial charge is 0.337 e. The van der Waals surface area contributed by atoms with Crippen molar-refractivity contribution in [1.82, 2.24) is 24.3 Å². The lowest BCUT2D eigenvalue weighted by molar-refractivity contribution is 0.0696. The molecular formula is C34H29N5O3. The normalized spacial score (nSPS) is 11.0. The van der Waals surface area contributed by atoms with Crippen molar-refractivity contribution in [3.63, 3.8) is 0 Å². The van der Waals surface area contributed by atoms with Gasteiger partial charge < -0.3 is 14.4 Å². The van der Waals surface area contributed by atoms with Crippen LogP contribution in [0.2, 0.25) is 0 Å². The third-order valence-corrected chi connectivity index (χ3v) is 7.25. The summed E-state index contributed by atoms with van der Waals surface area (Å²) in [7, 11) is 1.62. The van der Waals surface area contributed by atoms with E-state index < -0.39 is 5.97 Å². The second kappa shape index (κ2) is 10.9. The number of aromatic nitrogens is 5. The van der Waals surface area contributed by atoms with Gasteiger partial charge in [-0.3, -0.25) is 0 Å². The molecule has 0 aliphatic heterocycles. The second-order valence-electron chi connectivity index (χ2n) is 10.1. The fourth-order valence-corrected chi connectivity index (χ4v) is 5.26. The van der Waals surface area contributed by atoms with Gasteiger partial charge in [0, 0.05) is 23.1 Å². The minimum Gasteiger partial charge on any atom is -0.497 e. The summed E-state index contributed by atoms with van der Waals surface area (Å²) in [4.78, 5) is 21.8. The quantitative estimate of drug-likeness (QED) is 0.250. The van der Waals surface area contributed by atoms with Crippen molar-refractivity contribution in [2.45, 2.75) is 33.7 Å². The number of rotatable bonds is 6. The van der Waals surface area contributed by atoms with E-state index in [0.717, 1.165) is 51.2 Å². The molecule has 8 nitrogen and oxygen atoms in total. The topological polar surface area (TPSA) is 95.1 Å². The molecule has 0 bridgehead atoms. The van der Waals surface area contributed by atoms with Gasteiger partial charge in [0.25, 0.3) is 0 Å². The van der Waals surface area contributed by atoms with Crippen molar-refractivity contribution < 1.29 is 14.6 Å². The first-order chi connectivity index (χ1) is 20.4. The highest BCUT2D eigenvalue weighted by Crippen LogP contribution is 2.27. The number of fused-ring (bicyclic) bond motifs is 2. The molecule has 3 heterocycles. The lowest BCUT2D eigenvalue weighted by Crippen LogP contribution is -2.08. The first-order valence-corrected chi connectivity index (χ1v) is 13.7. The number of para-hydroxylation sites is 1. The molecule has 0 aliphatic rings. The van der Waals surface area contributed by atoms with E-state index in [2.05, 4.69) is 42.4 Å². The Morgan fingerprint density at radius 2 is 1.81 bits per heavy atom. The summed E-state index contributed by atoms with van der Waals surface area (Å²) in [5.74, 6) is 7.16. The summed E-state index contributed by atoms with van der Waals surface area (Å²) in [5, 5.41) is 15.6. The molecule has 3 aromatic heterocycles. The van der Waals surface area contributed by atoms with Gasteiger partial charge in [-0.2, -0.15) is 5.10 Å². The molecule has 0 radical (unpaired) electrons. The number of carbonyl (C=O) groups is 1. The van der Waals surface area contributed by atoms with Crippen molar-refractivity contribution in [3.05, 3.63) is 112 Å². The predicted molar refractivity (Wildman–Crippen MR) is 162 cm³/mol. The maximum atomic E-state index is 12.1. The number of aryl methyl sites for hydroxylation is 3. The first-order valence-electron chi connectivity index (χ1n) is 13.7. The Bertz CT molecular complexity index is 2060. The fourth-order valence-electron chi connectivity index (χ4n) is 5.26. The first kappa shape index (κ1) is 26.8. The Morgan fingerprint density at radius 1 is 0.976 bits per heavy atom. The standard InChI is InChI=1S/C34H29N5O3/c1-5-31-36-32-21(2)17-22(3)35-33(32)38(31)20-24-13-15-28-27(19-24)30(16-14-23-9-8-10-25(18-23)42-4)39(37-28)29-12-7-6-11-26(29)34(40)41/h6-13,15,17-19H,5,20H2,1-4H3,(H,40,41). The van der Waals surface area contributed by atoms with Crippen molar-refractivity contribution in [2.24, 2.45) is 0 Å². The monoisotopic (exact) mass is 555 g/mol. The van der Waals surface area contributed by atoms with E-state index in [0.29, 0.717) is 29.2 Å². The maximum absolute atomic E-state index is 12.1. The molecule has 0 saturated heterocycles. The second-order valence-corrected chi connectivity index (χ2v) is 10.1. The van der Waals surface area contributed by atoms with Gasteiger partial charge in [-0.05, 0) is 79.4 Å². The van der Waals surface area contributed by atoms with Gasteiger partial charge in [-0.25, -0.2) is 19.4 Å². The van der Waals surface area contributed by atoms with E-state index in [9.17, 15) is 9.90 Å². The summed E-state index contributed by atoms with van der Waals surface area (Å²) < 4.78 is 9.16. The van der Waals surface area contributed by atoms with Crippen LogP contribution in [0.25, 0.3) is 27.8 Å². The molecule has 0 aliphatic carbocycles. The zero-order valence-electron chi connectivity index (χ0n) is 23.8. The number of carboxylic acids is 1. The van der Waals surface area contributed by atoms with E-state index in [4.69, 9.17) is 19.8 Å². The van der Waals surface area contributed by atoms with Crippen molar-refractivity contribution in [2.75, 3.05) is 7.11 Å². The van der Waals surface area contributed by atoms with Crippen molar-refractivity contribution in [3.8, 4) is 23.3 Å².